The first kappa shape index (κ1) is 11.5. The molecule has 1 rings (SSSR count). The smallest absolute Gasteiger partial charge is 0.170 e. The summed E-state index contributed by atoms with van der Waals surface area (Å²) in [6.45, 7) is 5.57. The van der Waals surface area contributed by atoms with Crippen LogP contribution in [-0.2, 0) is 0 Å². The molecule has 1 unspecified atom stereocenters. The van der Waals surface area contributed by atoms with Crippen LogP contribution in [0.15, 0.2) is 4.34 Å². The lowest BCUT2D eigenvalue weighted by Gasteiger charge is -2.07. The Labute approximate surface area is 92.9 Å². The Morgan fingerprint density at radius 2 is 2.50 bits per heavy atom. The third kappa shape index (κ3) is 4.09. The lowest BCUT2D eigenvalue weighted by atomic mass is 10.4. The molecular formula is C9H13N3S2. The standard InChI is InChI=1S/C9H13N3S2/c1-4-5-10-6-7(2)13-9-11-8(3)12-14-9/h1,7,10H,5-6H2,2-3H3. The molecule has 0 radical (unpaired) electrons. The van der Waals surface area contributed by atoms with E-state index in [1.54, 1.807) is 11.8 Å². The van der Waals surface area contributed by atoms with Gasteiger partial charge in [0.1, 0.15) is 5.82 Å². The fourth-order valence-corrected chi connectivity index (χ4v) is 2.82. The van der Waals surface area contributed by atoms with Crippen molar-refractivity contribution >= 4 is 23.3 Å². The van der Waals surface area contributed by atoms with Gasteiger partial charge in [-0.3, -0.25) is 0 Å². The number of thioether (sulfide) groups is 1. The minimum Gasteiger partial charge on any atom is -0.305 e. The number of rotatable bonds is 5. The molecule has 0 amide bonds. The molecule has 0 spiro atoms. The Morgan fingerprint density at radius 3 is 3.07 bits per heavy atom. The van der Waals surface area contributed by atoms with Crippen LogP contribution in [0, 0.1) is 19.3 Å². The monoisotopic (exact) mass is 227 g/mol. The molecule has 0 bridgehead atoms. The van der Waals surface area contributed by atoms with Crippen molar-refractivity contribution in [2.75, 3.05) is 13.1 Å². The zero-order chi connectivity index (χ0) is 10.4. The number of nitrogens with one attached hydrogen (secondary N) is 1. The minimum absolute atomic E-state index is 0.468. The van der Waals surface area contributed by atoms with Gasteiger partial charge in [-0.1, -0.05) is 24.6 Å². The van der Waals surface area contributed by atoms with Gasteiger partial charge in [-0.2, -0.15) is 4.37 Å². The molecule has 0 fully saturated rings. The van der Waals surface area contributed by atoms with Crippen molar-refractivity contribution in [2.24, 2.45) is 0 Å². The molecule has 14 heavy (non-hydrogen) atoms. The maximum Gasteiger partial charge on any atom is 0.170 e. The Bertz CT molecular complexity index is 316. The van der Waals surface area contributed by atoms with Crippen LogP contribution in [0.25, 0.3) is 0 Å². The normalized spacial score (nSPS) is 12.4. The number of aryl methyl sites for hydroxylation is 1. The first-order valence-corrected chi connectivity index (χ1v) is 5.99. The van der Waals surface area contributed by atoms with Crippen LogP contribution in [0.2, 0.25) is 0 Å². The van der Waals surface area contributed by atoms with Crippen molar-refractivity contribution in [2.45, 2.75) is 23.4 Å². The van der Waals surface area contributed by atoms with Crippen molar-refractivity contribution in [3.05, 3.63) is 5.82 Å². The molecule has 5 heteroatoms. The third-order valence-electron chi connectivity index (χ3n) is 1.47. The highest BCUT2D eigenvalue weighted by molar-refractivity contribution is 8.01. The topological polar surface area (TPSA) is 37.8 Å². The second-order valence-corrected chi connectivity index (χ2v) is 5.31. The SMILES string of the molecule is C#CCNCC(C)Sc1nc(C)ns1. The molecule has 0 aliphatic heterocycles. The van der Waals surface area contributed by atoms with E-state index >= 15 is 0 Å². The highest BCUT2D eigenvalue weighted by atomic mass is 32.2. The van der Waals surface area contributed by atoms with E-state index in [0.717, 1.165) is 16.7 Å². The zero-order valence-electron chi connectivity index (χ0n) is 8.28. The molecule has 0 aliphatic carbocycles. The van der Waals surface area contributed by atoms with Crippen molar-refractivity contribution in [3.63, 3.8) is 0 Å². The predicted octanol–water partition coefficient (Wildman–Crippen LogP) is 1.55. The molecule has 1 heterocycles. The molecule has 0 aromatic carbocycles. The molecule has 1 N–H and O–H groups in total. The van der Waals surface area contributed by atoms with Crippen LogP contribution in [0.3, 0.4) is 0 Å². The summed E-state index contributed by atoms with van der Waals surface area (Å²) in [5, 5.41) is 3.63. The van der Waals surface area contributed by atoms with Crippen molar-refractivity contribution in [1.82, 2.24) is 14.7 Å². The van der Waals surface area contributed by atoms with Crippen molar-refractivity contribution < 1.29 is 0 Å². The molecule has 3 nitrogen and oxygen atoms in total. The van der Waals surface area contributed by atoms with Gasteiger partial charge in [-0.05, 0) is 18.5 Å². The van der Waals surface area contributed by atoms with E-state index in [2.05, 4.69) is 27.5 Å². The van der Waals surface area contributed by atoms with Gasteiger partial charge in [-0.15, -0.1) is 6.42 Å². The number of hydrogen-bond donors (Lipinski definition) is 1. The predicted molar refractivity (Wildman–Crippen MR) is 61.7 cm³/mol. The van der Waals surface area contributed by atoms with Crippen LogP contribution in [-0.4, -0.2) is 27.7 Å². The van der Waals surface area contributed by atoms with Gasteiger partial charge in [0.05, 0.1) is 6.54 Å². The van der Waals surface area contributed by atoms with Gasteiger partial charge in [0.15, 0.2) is 4.34 Å². The Kier molecular flexibility index (Phi) is 4.94. The van der Waals surface area contributed by atoms with E-state index in [4.69, 9.17) is 6.42 Å². The van der Waals surface area contributed by atoms with E-state index in [1.165, 1.54) is 11.5 Å². The quantitative estimate of drug-likeness (QED) is 0.470. The lowest BCUT2D eigenvalue weighted by Crippen LogP contribution is -2.22. The zero-order valence-corrected chi connectivity index (χ0v) is 9.91. The first-order valence-electron chi connectivity index (χ1n) is 4.33. The van der Waals surface area contributed by atoms with Crippen LogP contribution in [0.5, 0.6) is 0 Å². The van der Waals surface area contributed by atoms with E-state index in [9.17, 15) is 0 Å². The van der Waals surface area contributed by atoms with E-state index < -0.39 is 0 Å². The molecule has 1 aromatic heterocycles. The molecule has 76 valence electrons. The lowest BCUT2D eigenvalue weighted by molar-refractivity contribution is 0.748. The third-order valence-corrected chi connectivity index (χ3v) is 3.45. The molecule has 0 saturated carbocycles. The summed E-state index contributed by atoms with van der Waals surface area (Å²) in [6.07, 6.45) is 5.13. The van der Waals surface area contributed by atoms with Gasteiger partial charge < -0.3 is 5.32 Å². The van der Waals surface area contributed by atoms with Gasteiger partial charge in [0.25, 0.3) is 0 Å². The highest BCUT2D eigenvalue weighted by Crippen LogP contribution is 2.23. The fraction of sp³-hybridized carbons (Fsp3) is 0.556. The Hall–Kier alpha value is -0.570. The van der Waals surface area contributed by atoms with Gasteiger partial charge >= 0.3 is 0 Å². The van der Waals surface area contributed by atoms with Gasteiger partial charge in [0.2, 0.25) is 0 Å². The fourth-order valence-electron chi connectivity index (χ4n) is 0.887. The molecule has 1 atom stereocenters. The van der Waals surface area contributed by atoms with E-state index in [0.29, 0.717) is 11.8 Å². The maximum absolute atomic E-state index is 5.13. The molecule has 1 aromatic rings. The number of aromatic nitrogens is 2. The van der Waals surface area contributed by atoms with Crippen molar-refractivity contribution in [1.29, 1.82) is 0 Å². The van der Waals surface area contributed by atoms with E-state index in [1.807, 2.05) is 6.92 Å². The Balaban J connectivity index is 2.27. The van der Waals surface area contributed by atoms with E-state index in [-0.39, 0.29) is 0 Å². The van der Waals surface area contributed by atoms with Crippen LogP contribution in [0.4, 0.5) is 0 Å². The average molecular weight is 227 g/mol. The molecule has 0 aliphatic rings. The number of nitrogens with zero attached hydrogens (tertiary/aromatic N) is 2. The molecule has 0 saturated heterocycles. The summed E-state index contributed by atoms with van der Waals surface area (Å²) in [7, 11) is 0. The summed E-state index contributed by atoms with van der Waals surface area (Å²) in [4.78, 5) is 4.28. The maximum atomic E-state index is 5.13. The summed E-state index contributed by atoms with van der Waals surface area (Å²) in [5.74, 6) is 3.39. The van der Waals surface area contributed by atoms with Crippen LogP contribution >= 0.6 is 23.3 Å². The van der Waals surface area contributed by atoms with Crippen molar-refractivity contribution in [3.8, 4) is 12.3 Å². The number of terminal acetylenes is 1. The van der Waals surface area contributed by atoms with Crippen LogP contribution < -0.4 is 5.32 Å². The van der Waals surface area contributed by atoms with Gasteiger partial charge in [-0.25, -0.2) is 4.98 Å². The Morgan fingerprint density at radius 1 is 1.71 bits per heavy atom. The first-order chi connectivity index (χ1) is 6.72. The summed E-state index contributed by atoms with van der Waals surface area (Å²) in [5.41, 5.74) is 0. The van der Waals surface area contributed by atoms with Crippen LogP contribution in [0.1, 0.15) is 12.7 Å². The summed E-state index contributed by atoms with van der Waals surface area (Å²) in [6, 6.07) is 0. The second kappa shape index (κ2) is 6.02. The largest absolute Gasteiger partial charge is 0.305 e. The highest BCUT2D eigenvalue weighted by Gasteiger charge is 2.07. The summed E-state index contributed by atoms with van der Waals surface area (Å²) >= 11 is 3.18. The second-order valence-electron chi connectivity index (χ2n) is 2.87. The summed E-state index contributed by atoms with van der Waals surface area (Å²) < 4.78 is 5.15. The molecular weight excluding hydrogens is 214 g/mol. The average Bonchev–Trinajstić information content (AvgIpc) is 2.52. The minimum atomic E-state index is 0.468. The number of hydrogen-bond acceptors (Lipinski definition) is 5. The van der Waals surface area contributed by atoms with Gasteiger partial charge in [0, 0.05) is 11.8 Å².